The molecule has 7 heteroatoms. The average Bonchev–Trinajstić information content (AvgIpc) is 3.42. The average molecular weight is 403 g/mol. The highest BCUT2D eigenvalue weighted by Crippen LogP contribution is 2.39. The van der Waals surface area contributed by atoms with Crippen molar-refractivity contribution in [3.63, 3.8) is 0 Å². The number of aromatic nitrogens is 1. The number of thiazole rings is 1. The molecule has 2 aliphatic rings. The molecule has 0 spiro atoms. The molecule has 5 nitrogen and oxygen atoms in total. The standard InChI is InChI=1S/C17H17ClN4OS.C3H6/c1-21-10-15(19-12-6-3-2-4-7-12)22(23,11-21)17-20-16-13(18)8-5-9-14(16)24-17;1-2-3-1/h2-9,15,19H,10-11H2,1H3;1-3H2. The Balaban J connectivity index is 0.000000547. The van der Waals surface area contributed by atoms with E-state index in [1.165, 1.54) is 30.6 Å². The number of hydroxylamine groups is 2. The molecule has 1 N–H and O–H groups in total. The molecule has 2 atom stereocenters. The summed E-state index contributed by atoms with van der Waals surface area (Å²) in [4.78, 5) is 6.60. The molecule has 2 heterocycles. The maximum atomic E-state index is 13.7. The van der Waals surface area contributed by atoms with Gasteiger partial charge in [0.2, 0.25) is 0 Å². The van der Waals surface area contributed by atoms with E-state index in [9.17, 15) is 5.21 Å². The van der Waals surface area contributed by atoms with Crippen LogP contribution in [0.15, 0.2) is 48.5 Å². The molecule has 2 unspecified atom stereocenters. The van der Waals surface area contributed by atoms with Crippen LogP contribution in [0.4, 0.5) is 10.8 Å². The zero-order valence-electron chi connectivity index (χ0n) is 15.3. The largest absolute Gasteiger partial charge is 0.623 e. The number of nitrogens with zero attached hydrogens (tertiary/aromatic N) is 3. The highest BCUT2D eigenvalue weighted by atomic mass is 35.5. The van der Waals surface area contributed by atoms with Gasteiger partial charge < -0.3 is 10.5 Å². The van der Waals surface area contributed by atoms with Crippen LogP contribution < -0.4 is 9.96 Å². The van der Waals surface area contributed by atoms with Crippen molar-refractivity contribution in [1.29, 1.82) is 0 Å². The number of halogens is 1. The van der Waals surface area contributed by atoms with Gasteiger partial charge >= 0.3 is 0 Å². The quantitative estimate of drug-likeness (QED) is 0.479. The maximum absolute atomic E-state index is 13.7. The number of nitrogens with one attached hydrogen (secondary N) is 1. The monoisotopic (exact) mass is 402 g/mol. The van der Waals surface area contributed by atoms with Crippen molar-refractivity contribution in [2.24, 2.45) is 0 Å². The molecule has 1 aliphatic carbocycles. The lowest BCUT2D eigenvalue weighted by Gasteiger charge is -2.40. The summed E-state index contributed by atoms with van der Waals surface area (Å²) in [5.41, 5.74) is 1.65. The number of fused-ring (bicyclic) bond motifs is 1. The number of hydrogen-bond donors (Lipinski definition) is 1. The van der Waals surface area contributed by atoms with Crippen molar-refractivity contribution in [1.82, 2.24) is 14.5 Å². The fraction of sp³-hybridized carbons (Fsp3) is 0.350. The first-order valence-electron chi connectivity index (χ1n) is 9.21. The van der Waals surface area contributed by atoms with Gasteiger partial charge in [0, 0.05) is 5.69 Å². The van der Waals surface area contributed by atoms with E-state index < -0.39 is 4.65 Å². The third-order valence-corrected chi connectivity index (χ3v) is 6.02. The first kappa shape index (κ1) is 18.7. The Morgan fingerprint density at radius 2 is 1.89 bits per heavy atom. The van der Waals surface area contributed by atoms with Crippen LogP contribution in [-0.2, 0) is 0 Å². The minimum Gasteiger partial charge on any atom is -0.623 e. The van der Waals surface area contributed by atoms with E-state index in [1.807, 2.05) is 54.4 Å². The Morgan fingerprint density at radius 1 is 1.15 bits per heavy atom. The van der Waals surface area contributed by atoms with Gasteiger partial charge in [0.1, 0.15) is 12.2 Å². The number of hydrogen-bond acceptors (Lipinski definition) is 5. The first-order valence-corrected chi connectivity index (χ1v) is 10.4. The number of benzene rings is 2. The van der Waals surface area contributed by atoms with Gasteiger partial charge in [-0.3, -0.25) is 9.55 Å². The van der Waals surface area contributed by atoms with Crippen LogP contribution in [0.1, 0.15) is 19.3 Å². The molecule has 1 aliphatic heterocycles. The van der Waals surface area contributed by atoms with E-state index in [4.69, 9.17) is 11.6 Å². The molecule has 1 saturated heterocycles. The summed E-state index contributed by atoms with van der Waals surface area (Å²) in [7, 11) is 1.96. The lowest BCUT2D eigenvalue weighted by molar-refractivity contribution is 0.323. The zero-order chi connectivity index (χ0) is 18.9. The highest BCUT2D eigenvalue weighted by Gasteiger charge is 2.42. The van der Waals surface area contributed by atoms with Crippen LogP contribution in [0.2, 0.25) is 5.02 Å². The molecular formula is C20H23ClN4OS. The predicted octanol–water partition coefficient (Wildman–Crippen LogP) is 5.27. The van der Waals surface area contributed by atoms with Gasteiger partial charge in [-0.15, -0.1) is 0 Å². The van der Waals surface area contributed by atoms with Gasteiger partial charge in [-0.05, 0) is 31.3 Å². The molecule has 0 amide bonds. The van der Waals surface area contributed by atoms with Gasteiger partial charge in [0.15, 0.2) is 6.17 Å². The molecule has 0 radical (unpaired) electrons. The summed E-state index contributed by atoms with van der Waals surface area (Å²) in [6.45, 7) is 1.02. The Hall–Kier alpha value is -1.70. The fourth-order valence-corrected chi connectivity index (χ4v) is 4.42. The summed E-state index contributed by atoms with van der Waals surface area (Å²) < 4.78 is 0.431. The SMILES string of the molecule is C1CC1.CN1CC(Nc2ccccc2)[N+]([O-])(c2nc3c(Cl)cccc3s2)C1. The number of anilines is 1. The first-order chi connectivity index (χ1) is 13.1. The summed E-state index contributed by atoms with van der Waals surface area (Å²) in [5, 5.41) is 18.2. The van der Waals surface area contributed by atoms with Gasteiger partial charge in [0.25, 0.3) is 5.13 Å². The summed E-state index contributed by atoms with van der Waals surface area (Å²) >= 11 is 7.65. The zero-order valence-corrected chi connectivity index (χ0v) is 16.8. The second-order valence-electron chi connectivity index (χ2n) is 7.15. The van der Waals surface area contributed by atoms with Crippen LogP contribution in [0.25, 0.3) is 10.2 Å². The Labute approximate surface area is 168 Å². The number of para-hydroxylation sites is 2. The van der Waals surface area contributed by atoms with Crippen molar-refractivity contribution in [3.8, 4) is 0 Å². The van der Waals surface area contributed by atoms with Gasteiger partial charge in [-0.25, -0.2) is 0 Å². The minimum atomic E-state index is -0.513. The van der Waals surface area contributed by atoms with Gasteiger partial charge in [-0.1, -0.05) is 66.5 Å². The van der Waals surface area contributed by atoms with Crippen molar-refractivity contribution < 1.29 is 0 Å². The normalized spacial score (nSPS) is 24.5. The lowest BCUT2D eigenvalue weighted by atomic mass is 10.3. The summed E-state index contributed by atoms with van der Waals surface area (Å²) in [6.07, 6.45) is 4.19. The van der Waals surface area contributed by atoms with Crippen molar-refractivity contribution >= 4 is 44.0 Å². The number of quaternary nitrogens is 1. The highest BCUT2D eigenvalue weighted by molar-refractivity contribution is 7.22. The van der Waals surface area contributed by atoms with E-state index in [0.29, 0.717) is 28.9 Å². The molecule has 2 fully saturated rings. The Morgan fingerprint density at radius 3 is 2.56 bits per heavy atom. The minimum absolute atomic E-state index is 0.309. The van der Waals surface area contributed by atoms with Crippen LogP contribution >= 0.6 is 22.9 Å². The van der Waals surface area contributed by atoms with Crippen LogP contribution in [0.3, 0.4) is 0 Å². The number of likely N-dealkylation sites (N-methyl/N-ethyl adjacent to an activating group) is 1. The Kier molecular flexibility index (Phi) is 5.34. The third kappa shape index (κ3) is 4.10. The number of rotatable bonds is 3. The summed E-state index contributed by atoms with van der Waals surface area (Å²) in [6, 6.07) is 15.5. The van der Waals surface area contributed by atoms with Crippen LogP contribution in [0.5, 0.6) is 0 Å². The van der Waals surface area contributed by atoms with E-state index in [0.717, 1.165) is 10.4 Å². The second kappa shape index (κ2) is 7.73. The third-order valence-electron chi connectivity index (χ3n) is 4.58. The van der Waals surface area contributed by atoms with Gasteiger partial charge in [0.05, 0.1) is 16.3 Å². The molecule has 0 bridgehead atoms. The van der Waals surface area contributed by atoms with E-state index >= 15 is 0 Å². The molecule has 1 aromatic heterocycles. The topological polar surface area (TPSA) is 51.2 Å². The maximum Gasteiger partial charge on any atom is 0.290 e. The summed E-state index contributed by atoms with van der Waals surface area (Å²) in [5.74, 6) is 0. The van der Waals surface area contributed by atoms with Crippen LogP contribution in [-0.4, -0.2) is 36.3 Å². The van der Waals surface area contributed by atoms with Crippen molar-refractivity contribution in [2.75, 3.05) is 25.6 Å². The molecule has 1 saturated carbocycles. The second-order valence-corrected chi connectivity index (χ2v) is 8.56. The van der Waals surface area contributed by atoms with Crippen molar-refractivity contribution in [2.45, 2.75) is 25.4 Å². The van der Waals surface area contributed by atoms with E-state index in [1.54, 1.807) is 6.07 Å². The molecule has 142 valence electrons. The molecule has 2 aromatic carbocycles. The van der Waals surface area contributed by atoms with E-state index in [2.05, 4.69) is 10.3 Å². The fourth-order valence-electron chi connectivity index (χ4n) is 3.08. The van der Waals surface area contributed by atoms with E-state index in [-0.39, 0.29) is 6.17 Å². The molecule has 3 aromatic rings. The Bertz CT molecular complexity index is 914. The smallest absolute Gasteiger partial charge is 0.290 e. The van der Waals surface area contributed by atoms with Crippen molar-refractivity contribution in [3.05, 3.63) is 58.8 Å². The molecular weight excluding hydrogens is 380 g/mol. The molecule has 5 rings (SSSR count). The van der Waals surface area contributed by atoms with Crippen LogP contribution in [0, 0.1) is 5.21 Å². The van der Waals surface area contributed by atoms with Gasteiger partial charge in [-0.2, -0.15) is 4.98 Å². The molecule has 27 heavy (non-hydrogen) atoms. The lowest BCUT2D eigenvalue weighted by Crippen LogP contribution is -2.52. The predicted molar refractivity (Wildman–Crippen MR) is 115 cm³/mol.